The average molecular weight is 476 g/mol. The van der Waals surface area contributed by atoms with Crippen LogP contribution in [0, 0.1) is 11.7 Å². The minimum atomic E-state index is -0.948. The molecule has 0 bridgehead atoms. The molecule has 1 aliphatic heterocycles. The molecule has 0 radical (unpaired) electrons. The average Bonchev–Trinajstić information content (AvgIpc) is 3.13. The summed E-state index contributed by atoms with van der Waals surface area (Å²) >= 11 is 0. The highest BCUT2D eigenvalue weighted by atomic mass is 19.1. The van der Waals surface area contributed by atoms with E-state index in [1.807, 2.05) is 13.8 Å². The standard InChI is InChI=1S/C28H26FNO5/c1-17(2)16-35-23-9-5-7-19(15-23)26(31)24-25(18-6-4-8-22(14-18)34-3)30(28(33)27(24)32)21-12-10-20(29)11-13-21/h4-15,17,25,31H,16H2,1-3H3/b26-24-. The van der Waals surface area contributed by atoms with Gasteiger partial charge in [0.2, 0.25) is 0 Å². The number of hydrogen-bond donors (Lipinski definition) is 1. The summed E-state index contributed by atoms with van der Waals surface area (Å²) in [5.41, 5.74) is 1.15. The van der Waals surface area contributed by atoms with Crippen molar-refractivity contribution in [3.05, 3.63) is 95.3 Å². The lowest BCUT2D eigenvalue weighted by atomic mass is 9.95. The Labute approximate surface area is 203 Å². The fraction of sp³-hybridized carbons (Fsp3) is 0.214. The number of ether oxygens (including phenoxy) is 2. The second-order valence-electron chi connectivity index (χ2n) is 8.65. The number of hydrogen-bond acceptors (Lipinski definition) is 5. The number of anilines is 1. The van der Waals surface area contributed by atoms with Crippen molar-refractivity contribution in [1.82, 2.24) is 0 Å². The van der Waals surface area contributed by atoms with Crippen LogP contribution in [0.3, 0.4) is 0 Å². The van der Waals surface area contributed by atoms with Gasteiger partial charge in [0, 0.05) is 11.3 Å². The van der Waals surface area contributed by atoms with Crippen LogP contribution in [0.4, 0.5) is 10.1 Å². The first kappa shape index (κ1) is 24.0. The number of rotatable bonds is 7. The van der Waals surface area contributed by atoms with Gasteiger partial charge in [0.25, 0.3) is 11.7 Å². The number of carbonyl (C=O) groups excluding carboxylic acids is 2. The van der Waals surface area contributed by atoms with E-state index in [-0.39, 0.29) is 11.3 Å². The van der Waals surface area contributed by atoms with Crippen LogP contribution in [-0.4, -0.2) is 30.5 Å². The predicted octanol–water partition coefficient (Wildman–Crippen LogP) is 5.50. The van der Waals surface area contributed by atoms with E-state index in [9.17, 15) is 19.1 Å². The molecule has 0 aliphatic carbocycles. The molecule has 1 N–H and O–H groups in total. The Kier molecular flexibility index (Phi) is 6.87. The molecule has 1 atom stereocenters. The van der Waals surface area contributed by atoms with Crippen molar-refractivity contribution in [1.29, 1.82) is 0 Å². The first-order chi connectivity index (χ1) is 16.8. The summed E-state index contributed by atoms with van der Waals surface area (Å²) in [4.78, 5) is 27.7. The van der Waals surface area contributed by atoms with Gasteiger partial charge in [0.1, 0.15) is 23.1 Å². The van der Waals surface area contributed by atoms with Crippen molar-refractivity contribution in [2.75, 3.05) is 18.6 Å². The molecule has 3 aromatic carbocycles. The number of halogens is 1. The van der Waals surface area contributed by atoms with Crippen molar-refractivity contribution in [2.45, 2.75) is 19.9 Å². The topological polar surface area (TPSA) is 76.1 Å². The number of Topliss-reactive ketones (excluding diaryl/α,β-unsaturated/α-hetero) is 1. The van der Waals surface area contributed by atoms with E-state index in [1.165, 1.54) is 36.3 Å². The summed E-state index contributed by atoms with van der Waals surface area (Å²) < 4.78 is 24.7. The molecular weight excluding hydrogens is 449 g/mol. The van der Waals surface area contributed by atoms with Gasteiger partial charge in [0.05, 0.1) is 25.3 Å². The highest BCUT2D eigenvalue weighted by Gasteiger charge is 2.47. The molecule has 1 fully saturated rings. The monoisotopic (exact) mass is 475 g/mol. The van der Waals surface area contributed by atoms with Crippen LogP contribution in [0.1, 0.15) is 31.0 Å². The van der Waals surface area contributed by atoms with E-state index in [0.717, 1.165) is 0 Å². The van der Waals surface area contributed by atoms with Crippen molar-refractivity contribution in [3.63, 3.8) is 0 Å². The van der Waals surface area contributed by atoms with E-state index in [1.54, 1.807) is 48.5 Å². The second-order valence-corrected chi connectivity index (χ2v) is 8.65. The third-order valence-corrected chi connectivity index (χ3v) is 5.65. The summed E-state index contributed by atoms with van der Waals surface area (Å²) in [5.74, 6) is -1.09. The fourth-order valence-electron chi connectivity index (χ4n) is 3.98. The zero-order valence-corrected chi connectivity index (χ0v) is 19.7. The molecule has 0 saturated carbocycles. The van der Waals surface area contributed by atoms with Crippen LogP contribution in [0.25, 0.3) is 5.76 Å². The smallest absolute Gasteiger partial charge is 0.300 e. The molecule has 1 amide bonds. The zero-order chi connectivity index (χ0) is 25.1. The molecule has 0 spiro atoms. The predicted molar refractivity (Wildman–Crippen MR) is 131 cm³/mol. The number of benzene rings is 3. The highest BCUT2D eigenvalue weighted by Crippen LogP contribution is 2.43. The molecule has 7 heteroatoms. The summed E-state index contributed by atoms with van der Waals surface area (Å²) in [6.45, 7) is 4.53. The normalized spacial score (nSPS) is 17.2. The maximum absolute atomic E-state index is 13.6. The fourth-order valence-corrected chi connectivity index (χ4v) is 3.98. The molecule has 6 nitrogen and oxygen atoms in total. The Bertz CT molecular complexity index is 1280. The summed E-state index contributed by atoms with van der Waals surface area (Å²) in [7, 11) is 1.51. The Morgan fingerprint density at radius 2 is 1.69 bits per heavy atom. The largest absolute Gasteiger partial charge is 0.507 e. The number of nitrogens with zero attached hydrogens (tertiary/aromatic N) is 1. The lowest BCUT2D eigenvalue weighted by Crippen LogP contribution is -2.29. The van der Waals surface area contributed by atoms with Gasteiger partial charge in [-0.15, -0.1) is 0 Å². The van der Waals surface area contributed by atoms with Crippen LogP contribution in [0.2, 0.25) is 0 Å². The Morgan fingerprint density at radius 1 is 1.00 bits per heavy atom. The minimum absolute atomic E-state index is 0.0754. The van der Waals surface area contributed by atoms with Crippen LogP contribution in [-0.2, 0) is 9.59 Å². The van der Waals surface area contributed by atoms with E-state index >= 15 is 0 Å². The minimum Gasteiger partial charge on any atom is -0.507 e. The zero-order valence-electron chi connectivity index (χ0n) is 19.7. The van der Waals surface area contributed by atoms with Crippen LogP contribution in [0.15, 0.2) is 78.4 Å². The van der Waals surface area contributed by atoms with E-state index < -0.39 is 23.5 Å². The van der Waals surface area contributed by atoms with E-state index in [2.05, 4.69) is 0 Å². The van der Waals surface area contributed by atoms with E-state index in [0.29, 0.717) is 40.8 Å². The number of amides is 1. The van der Waals surface area contributed by atoms with E-state index in [4.69, 9.17) is 9.47 Å². The maximum Gasteiger partial charge on any atom is 0.300 e. The number of aliphatic hydroxyl groups excluding tert-OH is 1. The molecule has 180 valence electrons. The second kappa shape index (κ2) is 10.0. The first-order valence-corrected chi connectivity index (χ1v) is 11.2. The third-order valence-electron chi connectivity index (χ3n) is 5.65. The highest BCUT2D eigenvalue weighted by molar-refractivity contribution is 6.51. The number of carbonyl (C=O) groups is 2. The van der Waals surface area contributed by atoms with Crippen LogP contribution in [0.5, 0.6) is 11.5 Å². The van der Waals surface area contributed by atoms with Gasteiger partial charge < -0.3 is 14.6 Å². The van der Waals surface area contributed by atoms with Gasteiger partial charge in [-0.2, -0.15) is 0 Å². The molecule has 0 aromatic heterocycles. The van der Waals surface area contributed by atoms with Gasteiger partial charge in [-0.25, -0.2) is 4.39 Å². The van der Waals surface area contributed by atoms with Crippen molar-refractivity contribution >= 4 is 23.1 Å². The lowest BCUT2D eigenvalue weighted by Gasteiger charge is -2.25. The number of ketones is 1. The summed E-state index contributed by atoms with van der Waals surface area (Å²) in [6.07, 6.45) is 0. The summed E-state index contributed by atoms with van der Waals surface area (Å²) in [5, 5.41) is 11.3. The molecule has 1 aliphatic rings. The maximum atomic E-state index is 13.6. The van der Waals surface area contributed by atoms with Gasteiger partial charge in [-0.05, 0) is 60.0 Å². The number of methoxy groups -OCH3 is 1. The molecule has 1 unspecified atom stereocenters. The molecule has 1 saturated heterocycles. The van der Waals surface area contributed by atoms with Gasteiger partial charge >= 0.3 is 0 Å². The lowest BCUT2D eigenvalue weighted by molar-refractivity contribution is -0.132. The van der Waals surface area contributed by atoms with Gasteiger partial charge in [-0.1, -0.05) is 38.1 Å². The Morgan fingerprint density at radius 3 is 2.37 bits per heavy atom. The van der Waals surface area contributed by atoms with Gasteiger partial charge in [0.15, 0.2) is 0 Å². The molecule has 1 heterocycles. The summed E-state index contributed by atoms with van der Waals surface area (Å²) in [6, 6.07) is 18.0. The van der Waals surface area contributed by atoms with Crippen LogP contribution >= 0.6 is 0 Å². The van der Waals surface area contributed by atoms with Crippen molar-refractivity contribution in [2.24, 2.45) is 5.92 Å². The SMILES string of the molecule is COc1cccc(C2/C(=C(/O)c3cccc(OCC(C)C)c3)C(=O)C(=O)N2c2ccc(F)cc2)c1. The number of aliphatic hydroxyl groups is 1. The Balaban J connectivity index is 1.87. The quantitative estimate of drug-likeness (QED) is 0.278. The molecule has 3 aromatic rings. The van der Waals surface area contributed by atoms with Crippen LogP contribution < -0.4 is 14.4 Å². The van der Waals surface area contributed by atoms with Crippen molar-refractivity contribution in [3.8, 4) is 11.5 Å². The van der Waals surface area contributed by atoms with Crippen molar-refractivity contribution < 1.29 is 28.6 Å². The molecule has 35 heavy (non-hydrogen) atoms. The first-order valence-electron chi connectivity index (χ1n) is 11.2. The third kappa shape index (κ3) is 4.89. The molecular formula is C28H26FNO5. The Hall–Kier alpha value is -4.13. The molecule has 4 rings (SSSR count). The van der Waals surface area contributed by atoms with Gasteiger partial charge in [-0.3, -0.25) is 14.5 Å².